The van der Waals surface area contributed by atoms with Crippen molar-refractivity contribution in [2.45, 2.75) is 24.3 Å². The van der Waals surface area contributed by atoms with Gasteiger partial charge in [0, 0.05) is 13.1 Å². The van der Waals surface area contributed by atoms with Crippen LogP contribution in [0.4, 0.5) is 0 Å². The second-order valence-electron chi connectivity index (χ2n) is 15.6. The Labute approximate surface area is 377 Å². The maximum absolute atomic E-state index is 11.4. The Balaban J connectivity index is 0.989. The first-order valence-electron chi connectivity index (χ1n) is 22.0. The molecule has 4 N–H and O–H groups in total. The molecule has 0 radical (unpaired) electrons. The van der Waals surface area contributed by atoms with Gasteiger partial charge >= 0.3 is 0 Å². The van der Waals surface area contributed by atoms with Gasteiger partial charge in [0.05, 0.1) is 24.3 Å². The van der Waals surface area contributed by atoms with Crippen molar-refractivity contribution in [2.24, 2.45) is 0 Å². The minimum Gasteiger partial charge on any atom is -0.492 e. The number of hydrogen-bond donors (Lipinski definition) is 4. The topological polar surface area (TPSA) is 83.0 Å². The van der Waals surface area contributed by atoms with Crippen LogP contribution < -0.4 is 20.1 Å². The number of nitrogens with one attached hydrogen (secondary N) is 2. The molecule has 0 fully saturated rings. The van der Waals surface area contributed by atoms with Crippen LogP contribution in [-0.4, -0.2) is 36.5 Å². The lowest BCUT2D eigenvalue weighted by Crippen LogP contribution is -2.30. The van der Waals surface area contributed by atoms with E-state index in [9.17, 15) is 10.2 Å². The van der Waals surface area contributed by atoms with Gasteiger partial charge in [-0.3, -0.25) is 0 Å². The molecular formula is C58H54N2O4. The van der Waals surface area contributed by atoms with Crippen LogP contribution in [0.5, 0.6) is 11.5 Å². The zero-order chi connectivity index (χ0) is 43.8. The van der Waals surface area contributed by atoms with Crippen LogP contribution in [0.15, 0.2) is 231 Å². The number of aliphatic hydroxyl groups excluding tert-OH is 2. The highest BCUT2D eigenvalue weighted by molar-refractivity contribution is 6.04. The molecule has 8 rings (SSSR count). The quantitative estimate of drug-likeness (QED) is 0.0452. The molecule has 0 saturated carbocycles. The lowest BCUT2D eigenvalue weighted by molar-refractivity contribution is 0.125. The van der Waals surface area contributed by atoms with Gasteiger partial charge in [0.25, 0.3) is 0 Å². The Morgan fingerprint density at radius 3 is 0.906 bits per heavy atom. The van der Waals surface area contributed by atoms with E-state index in [0.717, 1.165) is 67.2 Å². The summed E-state index contributed by atoms with van der Waals surface area (Å²) >= 11 is 0. The summed E-state index contributed by atoms with van der Waals surface area (Å²) in [7, 11) is 0. The molecule has 320 valence electrons. The summed E-state index contributed by atoms with van der Waals surface area (Å²) in [5.74, 6) is 1.52. The molecule has 0 aromatic heterocycles. The highest BCUT2D eigenvalue weighted by atomic mass is 16.5. The predicted octanol–water partition coefficient (Wildman–Crippen LogP) is 11.6. The van der Waals surface area contributed by atoms with E-state index in [0.29, 0.717) is 26.3 Å². The van der Waals surface area contributed by atoms with Gasteiger partial charge in [-0.2, -0.15) is 0 Å². The largest absolute Gasteiger partial charge is 0.492 e. The standard InChI is InChI=1S/C58H54N2O4/c61-57(49-27-15-5-16-28-49)55(47-23-11-3-12-24-47)59-39-41-63-51-35-31-45(32-36-51)54(53(43-19-7-1-8-20-43)44-21-9-2-10-22-44)46-33-37-52(38-34-46)64-42-40-60-56(48-25-13-4-14-26-48)58(62)50-29-17-6-18-30-50/h1-38,55-62H,39-42H2/t55-,56-,57+,58+/m1/s1. The van der Waals surface area contributed by atoms with E-state index in [4.69, 9.17) is 9.47 Å². The fourth-order valence-corrected chi connectivity index (χ4v) is 8.15. The molecule has 0 unspecified atom stereocenters. The summed E-state index contributed by atoms with van der Waals surface area (Å²) in [6.07, 6.45) is -1.43. The van der Waals surface area contributed by atoms with Crippen molar-refractivity contribution in [1.82, 2.24) is 10.6 Å². The Morgan fingerprint density at radius 1 is 0.328 bits per heavy atom. The third-order valence-electron chi connectivity index (χ3n) is 11.4. The predicted molar refractivity (Wildman–Crippen MR) is 259 cm³/mol. The summed E-state index contributed by atoms with van der Waals surface area (Å²) in [4.78, 5) is 0. The number of rotatable bonds is 20. The van der Waals surface area contributed by atoms with E-state index in [-0.39, 0.29) is 12.1 Å². The van der Waals surface area contributed by atoms with Gasteiger partial charge in [0.1, 0.15) is 24.7 Å². The first-order valence-corrected chi connectivity index (χ1v) is 22.0. The molecule has 0 aliphatic rings. The Kier molecular flexibility index (Phi) is 15.2. The van der Waals surface area contributed by atoms with Crippen LogP contribution in [0.3, 0.4) is 0 Å². The van der Waals surface area contributed by atoms with E-state index in [2.05, 4.69) is 83.4 Å². The van der Waals surface area contributed by atoms with Crippen molar-refractivity contribution in [3.63, 3.8) is 0 Å². The van der Waals surface area contributed by atoms with Crippen molar-refractivity contribution in [2.75, 3.05) is 26.3 Å². The number of ether oxygens (including phenoxy) is 2. The number of benzene rings is 8. The molecule has 6 nitrogen and oxygen atoms in total. The van der Waals surface area contributed by atoms with Gasteiger partial charge in [-0.1, -0.05) is 206 Å². The highest BCUT2D eigenvalue weighted by Crippen LogP contribution is 2.38. The molecule has 4 atom stereocenters. The Morgan fingerprint density at radius 2 is 0.594 bits per heavy atom. The average molecular weight is 843 g/mol. The van der Waals surface area contributed by atoms with E-state index in [1.165, 1.54) is 0 Å². The zero-order valence-corrected chi connectivity index (χ0v) is 35.8. The summed E-state index contributed by atoms with van der Waals surface area (Å²) in [6.45, 7) is 1.92. The summed E-state index contributed by atoms with van der Waals surface area (Å²) in [5.41, 5.74) is 10.3. The fraction of sp³-hybridized carbons (Fsp3) is 0.138. The number of hydrogen-bond acceptors (Lipinski definition) is 6. The average Bonchev–Trinajstić information content (AvgIpc) is 3.37. The Hall–Kier alpha value is -7.06. The van der Waals surface area contributed by atoms with Crippen molar-refractivity contribution in [3.05, 3.63) is 275 Å². The van der Waals surface area contributed by atoms with Crippen LogP contribution in [0, 0.1) is 0 Å². The molecule has 8 aromatic carbocycles. The molecule has 6 heteroatoms. The molecule has 64 heavy (non-hydrogen) atoms. The molecule has 0 bridgehead atoms. The van der Waals surface area contributed by atoms with Crippen LogP contribution in [0.25, 0.3) is 11.1 Å². The highest BCUT2D eigenvalue weighted by Gasteiger charge is 2.24. The smallest absolute Gasteiger partial charge is 0.119 e. The van der Waals surface area contributed by atoms with Crippen molar-refractivity contribution >= 4 is 11.1 Å². The fourth-order valence-electron chi connectivity index (χ4n) is 8.15. The second-order valence-corrected chi connectivity index (χ2v) is 15.6. The van der Waals surface area contributed by atoms with Crippen molar-refractivity contribution in [3.8, 4) is 11.5 Å². The zero-order valence-electron chi connectivity index (χ0n) is 35.8. The third kappa shape index (κ3) is 11.3. The van der Waals surface area contributed by atoms with Crippen LogP contribution in [0.1, 0.15) is 68.8 Å². The number of aliphatic hydroxyl groups is 2. The second kappa shape index (κ2) is 22.3. The SMILES string of the molecule is O[C@@H](c1ccccc1)[C@H](NCCOc1ccc(C(=C(c2ccccc2)c2ccccc2)c2ccc(OCCN[C@H](c3ccccc3)[C@@H](O)c3ccccc3)cc2)cc1)c1ccccc1. The first kappa shape index (κ1) is 43.6. The minimum atomic E-state index is -0.716. The lowest BCUT2D eigenvalue weighted by Gasteiger charge is -2.25. The van der Waals surface area contributed by atoms with Crippen LogP contribution in [-0.2, 0) is 0 Å². The van der Waals surface area contributed by atoms with Gasteiger partial charge in [0.15, 0.2) is 0 Å². The lowest BCUT2D eigenvalue weighted by atomic mass is 9.86. The minimum absolute atomic E-state index is 0.295. The molecule has 0 spiro atoms. The molecule has 0 heterocycles. The molecule has 0 aliphatic heterocycles. The van der Waals surface area contributed by atoms with E-state index >= 15 is 0 Å². The first-order chi connectivity index (χ1) is 31.6. The van der Waals surface area contributed by atoms with E-state index in [1.807, 2.05) is 158 Å². The van der Waals surface area contributed by atoms with Gasteiger partial charge in [-0.15, -0.1) is 0 Å². The Bertz CT molecular complexity index is 2430. The van der Waals surface area contributed by atoms with Gasteiger partial charge in [0.2, 0.25) is 0 Å². The third-order valence-corrected chi connectivity index (χ3v) is 11.4. The summed E-state index contributed by atoms with van der Waals surface area (Å²) in [5, 5.41) is 29.8. The van der Waals surface area contributed by atoms with Crippen molar-refractivity contribution < 1.29 is 19.7 Å². The normalized spacial score (nSPS) is 13.0. The van der Waals surface area contributed by atoms with Crippen LogP contribution >= 0.6 is 0 Å². The molecule has 8 aromatic rings. The summed E-state index contributed by atoms with van der Waals surface area (Å²) < 4.78 is 12.6. The maximum atomic E-state index is 11.4. The van der Waals surface area contributed by atoms with Crippen LogP contribution in [0.2, 0.25) is 0 Å². The van der Waals surface area contributed by atoms with Gasteiger partial charge in [-0.25, -0.2) is 0 Å². The van der Waals surface area contributed by atoms with Gasteiger partial charge in [-0.05, 0) is 79.9 Å². The van der Waals surface area contributed by atoms with Crippen molar-refractivity contribution in [1.29, 1.82) is 0 Å². The van der Waals surface area contributed by atoms with E-state index in [1.54, 1.807) is 0 Å². The molecule has 0 amide bonds. The summed E-state index contributed by atoms with van der Waals surface area (Å²) in [6, 6.07) is 76.7. The van der Waals surface area contributed by atoms with Gasteiger partial charge < -0.3 is 30.3 Å². The maximum Gasteiger partial charge on any atom is 0.119 e. The molecular weight excluding hydrogens is 789 g/mol. The molecule has 0 saturated heterocycles. The molecule has 0 aliphatic carbocycles. The monoisotopic (exact) mass is 842 g/mol. The van der Waals surface area contributed by atoms with E-state index < -0.39 is 12.2 Å².